The van der Waals surface area contributed by atoms with Crippen molar-refractivity contribution in [3.8, 4) is 0 Å². The number of hydrogen-bond donors (Lipinski definition) is 1. The van der Waals surface area contributed by atoms with E-state index < -0.39 is 0 Å². The van der Waals surface area contributed by atoms with E-state index >= 15 is 0 Å². The maximum Gasteiger partial charge on any atom is 0.0941 e. The summed E-state index contributed by atoms with van der Waals surface area (Å²) in [7, 11) is 0. The molecule has 2 aromatic rings. The van der Waals surface area contributed by atoms with Crippen LogP contribution in [0.4, 0.5) is 5.69 Å². The zero-order valence-electron chi connectivity index (χ0n) is 11.4. The summed E-state index contributed by atoms with van der Waals surface area (Å²) in [6, 6.07) is 18.4. The molecule has 0 saturated heterocycles. The zero-order chi connectivity index (χ0) is 14.2. The summed E-state index contributed by atoms with van der Waals surface area (Å²) >= 11 is 6.11. The highest BCUT2D eigenvalue weighted by Gasteiger charge is 1.92. The molecule has 0 atom stereocenters. The second-order valence-corrected chi connectivity index (χ2v) is 5.76. The maximum atomic E-state index is 4.40. The molecule has 0 aliphatic carbocycles. The molecule has 0 aliphatic heterocycles. The molecular weight excluding hydrogens is 282 g/mol. The normalized spacial score (nSPS) is 12.0. The fourth-order valence-electron chi connectivity index (χ4n) is 1.61. The summed E-state index contributed by atoms with van der Waals surface area (Å²) in [5.41, 5.74) is 3.54. The minimum atomic E-state index is 0.715. The summed E-state index contributed by atoms with van der Waals surface area (Å²) in [5.74, 6) is 0.961. The van der Waals surface area contributed by atoms with Gasteiger partial charge in [0.2, 0.25) is 0 Å². The molecular formula is C17H17NS2. The fourth-order valence-corrected chi connectivity index (χ4v) is 2.61. The van der Waals surface area contributed by atoms with Gasteiger partial charge < -0.3 is 0 Å². The largest absolute Gasteiger partial charge is 0.242 e. The molecule has 0 aliphatic rings. The molecule has 0 heterocycles. The Labute approximate surface area is 130 Å². The van der Waals surface area contributed by atoms with Crippen molar-refractivity contribution >= 4 is 35.1 Å². The van der Waals surface area contributed by atoms with Crippen molar-refractivity contribution in [1.82, 2.24) is 0 Å². The Balaban J connectivity index is 1.84. The first-order valence-corrected chi connectivity index (χ1v) is 7.90. The van der Waals surface area contributed by atoms with Crippen molar-refractivity contribution in [3.05, 3.63) is 77.2 Å². The standard InChI is InChI=1S/C17H17NS2/c1-14-7-9-15(10-8-14)13-20-12-11-17(19)18-16-5-3-2-4-6-16/h2-12H,13H2,1H3,(H,18,19). The van der Waals surface area contributed by atoms with Gasteiger partial charge in [0.25, 0.3) is 0 Å². The fraction of sp³-hybridized carbons (Fsp3) is 0.118. The van der Waals surface area contributed by atoms with Crippen molar-refractivity contribution < 1.29 is 0 Å². The van der Waals surface area contributed by atoms with Crippen LogP contribution in [0.2, 0.25) is 0 Å². The van der Waals surface area contributed by atoms with E-state index in [0.717, 1.165) is 11.4 Å². The Bertz CT molecular complexity index is 586. The predicted octanol–water partition coefficient (Wildman–Crippen LogP) is 5.40. The van der Waals surface area contributed by atoms with E-state index in [1.165, 1.54) is 11.1 Å². The van der Waals surface area contributed by atoms with Crippen LogP contribution in [0.5, 0.6) is 0 Å². The second-order valence-electron chi connectivity index (χ2n) is 4.40. The molecule has 2 aromatic carbocycles. The Morgan fingerprint density at radius 3 is 2.50 bits per heavy atom. The van der Waals surface area contributed by atoms with Gasteiger partial charge in [-0.05, 0) is 36.1 Å². The lowest BCUT2D eigenvalue weighted by atomic mass is 10.2. The van der Waals surface area contributed by atoms with E-state index in [1.54, 1.807) is 11.8 Å². The van der Waals surface area contributed by atoms with E-state index in [-0.39, 0.29) is 0 Å². The van der Waals surface area contributed by atoms with Gasteiger partial charge in [-0.2, -0.15) is 0 Å². The highest BCUT2D eigenvalue weighted by atomic mass is 32.2. The van der Waals surface area contributed by atoms with E-state index in [1.807, 2.05) is 41.8 Å². The van der Waals surface area contributed by atoms with Crippen molar-refractivity contribution in [2.24, 2.45) is 4.99 Å². The molecule has 0 aromatic heterocycles. The Kier molecular flexibility index (Phi) is 5.96. The molecule has 0 bridgehead atoms. The minimum Gasteiger partial charge on any atom is -0.242 e. The van der Waals surface area contributed by atoms with Gasteiger partial charge in [-0.15, -0.1) is 24.4 Å². The Morgan fingerprint density at radius 1 is 1.10 bits per heavy atom. The number of hydrogen-bond acceptors (Lipinski definition) is 2. The van der Waals surface area contributed by atoms with Gasteiger partial charge in [0, 0.05) is 5.75 Å². The van der Waals surface area contributed by atoms with Crippen LogP contribution in [-0.2, 0) is 5.75 Å². The lowest BCUT2D eigenvalue weighted by Gasteiger charge is -1.98. The van der Waals surface area contributed by atoms with Crippen LogP contribution >= 0.6 is 24.4 Å². The van der Waals surface area contributed by atoms with Gasteiger partial charge in [0.15, 0.2) is 0 Å². The number of aliphatic imine (C=N–C) groups is 1. The highest BCUT2D eigenvalue weighted by Crippen LogP contribution is 2.15. The van der Waals surface area contributed by atoms with Crippen LogP contribution in [0.3, 0.4) is 0 Å². The van der Waals surface area contributed by atoms with E-state index in [4.69, 9.17) is 0 Å². The lowest BCUT2D eigenvalue weighted by molar-refractivity contribution is 1.37. The molecule has 0 fully saturated rings. The molecule has 0 amide bonds. The molecule has 0 N–H and O–H groups in total. The van der Waals surface area contributed by atoms with Gasteiger partial charge in [0.05, 0.1) is 10.7 Å². The van der Waals surface area contributed by atoms with E-state index in [2.05, 4.69) is 48.8 Å². The average Bonchev–Trinajstić information content (AvgIpc) is 2.46. The molecule has 102 valence electrons. The number of benzene rings is 2. The molecule has 0 saturated carbocycles. The topological polar surface area (TPSA) is 12.4 Å². The Hall–Kier alpha value is -1.45. The molecule has 0 spiro atoms. The molecule has 3 heteroatoms. The van der Waals surface area contributed by atoms with Crippen molar-refractivity contribution in [2.45, 2.75) is 12.7 Å². The van der Waals surface area contributed by atoms with Crippen LogP contribution in [0, 0.1) is 6.92 Å². The van der Waals surface area contributed by atoms with Gasteiger partial charge >= 0.3 is 0 Å². The first kappa shape index (κ1) is 14.9. The third-order valence-corrected chi connectivity index (χ3v) is 3.76. The third-order valence-electron chi connectivity index (χ3n) is 2.68. The number of thioether (sulfide) groups is 1. The number of thiol groups is 1. The SMILES string of the molecule is Cc1ccc(CSC=CC(S)=Nc2ccccc2)cc1. The molecule has 0 radical (unpaired) electrons. The monoisotopic (exact) mass is 299 g/mol. The number of rotatable bonds is 5. The summed E-state index contributed by atoms with van der Waals surface area (Å²) in [4.78, 5) is 4.40. The maximum absolute atomic E-state index is 4.40. The van der Waals surface area contributed by atoms with Crippen molar-refractivity contribution in [1.29, 1.82) is 0 Å². The molecule has 0 unspecified atom stereocenters. The predicted molar refractivity (Wildman–Crippen MR) is 94.1 cm³/mol. The first-order valence-electron chi connectivity index (χ1n) is 6.40. The summed E-state index contributed by atoms with van der Waals surface area (Å²) in [6.07, 6.45) is 1.93. The van der Waals surface area contributed by atoms with Crippen LogP contribution in [-0.4, -0.2) is 5.04 Å². The van der Waals surface area contributed by atoms with Gasteiger partial charge in [-0.25, -0.2) is 4.99 Å². The van der Waals surface area contributed by atoms with Crippen molar-refractivity contribution in [2.75, 3.05) is 0 Å². The first-order chi connectivity index (χ1) is 9.74. The highest BCUT2D eigenvalue weighted by molar-refractivity contribution is 8.01. The molecule has 20 heavy (non-hydrogen) atoms. The average molecular weight is 299 g/mol. The summed E-state index contributed by atoms with van der Waals surface area (Å²) in [6.45, 7) is 2.10. The summed E-state index contributed by atoms with van der Waals surface area (Å²) < 4.78 is 0. The summed E-state index contributed by atoms with van der Waals surface area (Å²) in [5, 5.41) is 2.75. The zero-order valence-corrected chi connectivity index (χ0v) is 13.1. The van der Waals surface area contributed by atoms with Gasteiger partial charge in [-0.1, -0.05) is 48.0 Å². The number of para-hydroxylation sites is 1. The molecule has 1 nitrogen and oxygen atoms in total. The van der Waals surface area contributed by atoms with Crippen LogP contribution < -0.4 is 0 Å². The van der Waals surface area contributed by atoms with Crippen LogP contribution in [0.25, 0.3) is 0 Å². The van der Waals surface area contributed by atoms with Gasteiger partial charge in [-0.3, -0.25) is 0 Å². The van der Waals surface area contributed by atoms with Gasteiger partial charge in [0.1, 0.15) is 0 Å². The minimum absolute atomic E-state index is 0.715. The lowest BCUT2D eigenvalue weighted by Crippen LogP contribution is -1.80. The van der Waals surface area contributed by atoms with E-state index in [9.17, 15) is 0 Å². The number of nitrogens with zero attached hydrogens (tertiary/aromatic N) is 1. The smallest absolute Gasteiger partial charge is 0.0941 e. The quantitative estimate of drug-likeness (QED) is 0.443. The van der Waals surface area contributed by atoms with Crippen LogP contribution in [0.15, 0.2) is 71.1 Å². The second kappa shape index (κ2) is 7.98. The number of aryl methyl sites for hydroxylation is 1. The van der Waals surface area contributed by atoms with Crippen LogP contribution in [0.1, 0.15) is 11.1 Å². The van der Waals surface area contributed by atoms with E-state index in [0.29, 0.717) is 5.04 Å². The molecule has 2 rings (SSSR count). The third kappa shape index (κ3) is 5.27. The Morgan fingerprint density at radius 2 is 1.80 bits per heavy atom. The van der Waals surface area contributed by atoms with Crippen molar-refractivity contribution in [3.63, 3.8) is 0 Å².